The van der Waals surface area contributed by atoms with Gasteiger partial charge in [-0.15, -0.1) is 0 Å². The van der Waals surface area contributed by atoms with Crippen molar-refractivity contribution in [2.45, 2.75) is 13.8 Å². The summed E-state index contributed by atoms with van der Waals surface area (Å²) in [4.78, 5) is 3.94. The Balaban J connectivity index is 3.70. The summed E-state index contributed by atoms with van der Waals surface area (Å²) in [5.74, 6) is 0.667. The van der Waals surface area contributed by atoms with Crippen molar-refractivity contribution in [1.82, 2.24) is 0 Å². The lowest BCUT2D eigenvalue weighted by atomic mass is 10.5. The lowest BCUT2D eigenvalue weighted by Crippen LogP contribution is -1.90. The minimum atomic E-state index is 0.667. The molecule has 0 fully saturated rings. The molecule has 0 heterocycles. The Morgan fingerprint density at radius 3 is 2.60 bits per heavy atom. The molecule has 10 heavy (non-hydrogen) atoms. The summed E-state index contributed by atoms with van der Waals surface area (Å²) >= 11 is 0. The Morgan fingerprint density at radius 2 is 2.10 bits per heavy atom. The van der Waals surface area contributed by atoms with E-state index in [0.29, 0.717) is 5.90 Å². The highest BCUT2D eigenvalue weighted by molar-refractivity contribution is 5.73. The van der Waals surface area contributed by atoms with Crippen molar-refractivity contribution < 1.29 is 4.74 Å². The number of rotatable bonds is 2. The largest absolute Gasteiger partial charge is 0.484 e. The smallest absolute Gasteiger partial charge is 0.184 e. The zero-order valence-corrected chi connectivity index (χ0v) is 6.66. The molecular weight excluding hydrogens is 126 g/mol. The van der Waals surface area contributed by atoms with Gasteiger partial charge in [-0.05, 0) is 13.0 Å². The Hall–Kier alpha value is -1.05. The van der Waals surface area contributed by atoms with E-state index in [4.69, 9.17) is 4.74 Å². The number of hydrogen-bond acceptors (Lipinski definition) is 2. The SMILES string of the molecule is C\C=C/C=C\N=C(/C)OC. The average Bonchev–Trinajstić information content (AvgIpc) is 1.98. The van der Waals surface area contributed by atoms with Gasteiger partial charge in [0.25, 0.3) is 0 Å². The van der Waals surface area contributed by atoms with Crippen LogP contribution in [0.2, 0.25) is 0 Å². The fraction of sp³-hybridized carbons (Fsp3) is 0.375. The quantitative estimate of drug-likeness (QED) is 0.326. The molecule has 0 aromatic heterocycles. The molecule has 0 rings (SSSR count). The van der Waals surface area contributed by atoms with Gasteiger partial charge in [-0.2, -0.15) is 0 Å². The first kappa shape index (κ1) is 8.95. The molecule has 0 aromatic rings. The van der Waals surface area contributed by atoms with Crippen LogP contribution in [0.1, 0.15) is 13.8 Å². The summed E-state index contributed by atoms with van der Waals surface area (Å²) in [6.45, 7) is 3.76. The van der Waals surface area contributed by atoms with Crippen molar-refractivity contribution in [2.75, 3.05) is 7.11 Å². The van der Waals surface area contributed by atoms with Crippen LogP contribution in [0.15, 0.2) is 29.4 Å². The third-order valence-corrected chi connectivity index (χ3v) is 0.941. The molecule has 2 heteroatoms. The second-order valence-electron chi connectivity index (χ2n) is 1.72. The first-order chi connectivity index (χ1) is 4.81. The fourth-order valence-electron chi connectivity index (χ4n) is 0.362. The van der Waals surface area contributed by atoms with Gasteiger partial charge in [0.15, 0.2) is 5.90 Å². The summed E-state index contributed by atoms with van der Waals surface area (Å²) in [5.41, 5.74) is 0. The Labute approximate surface area is 61.9 Å². The molecule has 0 radical (unpaired) electrons. The van der Waals surface area contributed by atoms with Gasteiger partial charge in [0, 0.05) is 13.1 Å². The molecule has 56 valence electrons. The Kier molecular flexibility index (Phi) is 5.44. The van der Waals surface area contributed by atoms with Gasteiger partial charge in [0.05, 0.1) is 7.11 Å². The fourth-order valence-corrected chi connectivity index (χ4v) is 0.362. The van der Waals surface area contributed by atoms with E-state index in [1.165, 1.54) is 0 Å². The third-order valence-electron chi connectivity index (χ3n) is 0.941. The maximum absolute atomic E-state index is 4.81. The molecule has 0 saturated heterocycles. The topological polar surface area (TPSA) is 21.6 Å². The summed E-state index contributed by atoms with van der Waals surface area (Å²) in [7, 11) is 1.60. The van der Waals surface area contributed by atoms with Crippen LogP contribution in [-0.2, 0) is 4.74 Å². The number of allylic oxidation sites excluding steroid dienone is 3. The van der Waals surface area contributed by atoms with Crippen LogP contribution in [-0.4, -0.2) is 13.0 Å². The third kappa shape index (κ3) is 5.09. The van der Waals surface area contributed by atoms with Crippen molar-refractivity contribution in [2.24, 2.45) is 4.99 Å². The van der Waals surface area contributed by atoms with Crippen LogP contribution in [0, 0.1) is 0 Å². The van der Waals surface area contributed by atoms with Crippen molar-refractivity contribution in [1.29, 1.82) is 0 Å². The molecule has 0 bridgehead atoms. The average molecular weight is 139 g/mol. The molecule has 0 atom stereocenters. The first-order valence-corrected chi connectivity index (χ1v) is 3.17. The van der Waals surface area contributed by atoms with E-state index in [0.717, 1.165) is 0 Å². The Morgan fingerprint density at radius 1 is 1.40 bits per heavy atom. The number of hydrogen-bond donors (Lipinski definition) is 0. The van der Waals surface area contributed by atoms with E-state index in [1.807, 2.05) is 25.2 Å². The van der Waals surface area contributed by atoms with E-state index in [-0.39, 0.29) is 0 Å². The Bertz CT molecular complexity index is 157. The molecule has 0 saturated carbocycles. The van der Waals surface area contributed by atoms with E-state index in [1.54, 1.807) is 20.2 Å². The second kappa shape index (κ2) is 6.08. The normalized spacial score (nSPS) is 13.3. The van der Waals surface area contributed by atoms with Gasteiger partial charge in [0.2, 0.25) is 0 Å². The van der Waals surface area contributed by atoms with E-state index in [9.17, 15) is 0 Å². The second-order valence-corrected chi connectivity index (χ2v) is 1.72. The molecule has 0 N–H and O–H groups in total. The standard InChI is InChI=1S/C8H13NO/c1-4-5-6-7-9-8(2)10-3/h4-7H,1-3H3/b5-4-,7-6-,9-8+. The van der Waals surface area contributed by atoms with Gasteiger partial charge in [0.1, 0.15) is 0 Å². The maximum atomic E-state index is 4.81. The van der Waals surface area contributed by atoms with Crippen LogP contribution >= 0.6 is 0 Å². The minimum absolute atomic E-state index is 0.667. The van der Waals surface area contributed by atoms with Crippen molar-refractivity contribution in [3.8, 4) is 0 Å². The first-order valence-electron chi connectivity index (χ1n) is 3.17. The molecule has 0 aromatic carbocycles. The van der Waals surface area contributed by atoms with E-state index in [2.05, 4.69) is 4.99 Å². The van der Waals surface area contributed by atoms with Crippen molar-refractivity contribution in [3.05, 3.63) is 24.4 Å². The summed E-state index contributed by atoms with van der Waals surface area (Å²) in [5, 5.41) is 0. The number of nitrogens with zero attached hydrogens (tertiary/aromatic N) is 1. The van der Waals surface area contributed by atoms with Crippen LogP contribution in [0.25, 0.3) is 0 Å². The number of ether oxygens (including phenoxy) is 1. The van der Waals surface area contributed by atoms with Gasteiger partial charge in [-0.1, -0.05) is 12.2 Å². The van der Waals surface area contributed by atoms with Crippen molar-refractivity contribution in [3.63, 3.8) is 0 Å². The minimum Gasteiger partial charge on any atom is -0.484 e. The van der Waals surface area contributed by atoms with E-state index < -0.39 is 0 Å². The lowest BCUT2D eigenvalue weighted by Gasteiger charge is -1.91. The molecule has 0 aliphatic carbocycles. The van der Waals surface area contributed by atoms with Crippen LogP contribution in [0.4, 0.5) is 0 Å². The van der Waals surface area contributed by atoms with Crippen LogP contribution in [0.3, 0.4) is 0 Å². The summed E-state index contributed by atoms with van der Waals surface area (Å²) in [6, 6.07) is 0. The van der Waals surface area contributed by atoms with Gasteiger partial charge in [-0.25, -0.2) is 4.99 Å². The highest BCUT2D eigenvalue weighted by Gasteiger charge is 1.77. The van der Waals surface area contributed by atoms with E-state index >= 15 is 0 Å². The van der Waals surface area contributed by atoms with Gasteiger partial charge < -0.3 is 4.74 Å². The molecule has 0 unspecified atom stereocenters. The van der Waals surface area contributed by atoms with Crippen molar-refractivity contribution >= 4 is 5.90 Å². The van der Waals surface area contributed by atoms with Gasteiger partial charge >= 0.3 is 0 Å². The predicted molar refractivity (Wildman–Crippen MR) is 44.1 cm³/mol. The summed E-state index contributed by atoms with van der Waals surface area (Å²) in [6.07, 6.45) is 7.39. The monoisotopic (exact) mass is 139 g/mol. The molecule has 2 nitrogen and oxygen atoms in total. The number of methoxy groups -OCH3 is 1. The molecule has 0 spiro atoms. The zero-order valence-electron chi connectivity index (χ0n) is 6.66. The molecular formula is C8H13NO. The molecule has 0 amide bonds. The molecule has 0 aliphatic rings. The summed E-state index contributed by atoms with van der Waals surface area (Å²) < 4.78 is 4.81. The number of aliphatic imine (C=N–C) groups is 1. The van der Waals surface area contributed by atoms with Gasteiger partial charge in [-0.3, -0.25) is 0 Å². The molecule has 0 aliphatic heterocycles. The maximum Gasteiger partial charge on any atom is 0.184 e. The highest BCUT2D eigenvalue weighted by Crippen LogP contribution is 1.81. The zero-order chi connectivity index (χ0) is 7.82. The predicted octanol–water partition coefficient (Wildman–Crippen LogP) is 2.14. The van der Waals surface area contributed by atoms with Crippen LogP contribution < -0.4 is 0 Å². The highest BCUT2D eigenvalue weighted by atomic mass is 16.5. The van der Waals surface area contributed by atoms with Crippen LogP contribution in [0.5, 0.6) is 0 Å². The lowest BCUT2D eigenvalue weighted by molar-refractivity contribution is 0.400.